The predicted octanol–water partition coefficient (Wildman–Crippen LogP) is 1.78. The van der Waals surface area contributed by atoms with Crippen molar-refractivity contribution in [2.45, 2.75) is 26.2 Å². The van der Waals surface area contributed by atoms with Crippen molar-refractivity contribution in [1.29, 1.82) is 0 Å². The second-order valence-electron chi connectivity index (χ2n) is 5.40. The summed E-state index contributed by atoms with van der Waals surface area (Å²) in [5.74, 6) is 0.464. The number of hydrogen-bond donors (Lipinski definition) is 1. The summed E-state index contributed by atoms with van der Waals surface area (Å²) in [5, 5.41) is 0. The lowest BCUT2D eigenvalue weighted by Crippen LogP contribution is -2.38. The largest absolute Gasteiger partial charge is 0.494 e. The van der Waals surface area contributed by atoms with Gasteiger partial charge in [0.05, 0.1) is 30.0 Å². The predicted molar refractivity (Wildman–Crippen MR) is 91.1 cm³/mol. The van der Waals surface area contributed by atoms with E-state index >= 15 is 0 Å². The Balaban J connectivity index is 2.33. The number of methoxy groups -OCH3 is 1. The zero-order valence-corrected chi connectivity index (χ0v) is 14.9. The molecule has 0 amide bonds. The third kappa shape index (κ3) is 4.29. The molecule has 1 fully saturated rings. The number of anilines is 2. The van der Waals surface area contributed by atoms with E-state index in [0.717, 1.165) is 6.42 Å². The molecule has 2 rings (SSSR count). The minimum atomic E-state index is -3.41. The van der Waals surface area contributed by atoms with Crippen LogP contribution in [0.5, 0.6) is 5.75 Å². The molecule has 0 atom stereocenters. The first-order valence-electron chi connectivity index (χ1n) is 7.48. The summed E-state index contributed by atoms with van der Waals surface area (Å²) in [5.41, 5.74) is 0.791. The van der Waals surface area contributed by atoms with Crippen LogP contribution in [0.15, 0.2) is 18.2 Å². The van der Waals surface area contributed by atoms with Gasteiger partial charge in [-0.1, -0.05) is 6.92 Å². The number of rotatable bonds is 6. The minimum absolute atomic E-state index is 0.0254. The molecular formula is C14H22N2O5S2. The Kier molecular flexibility index (Phi) is 5.41. The van der Waals surface area contributed by atoms with Crippen molar-refractivity contribution in [2.75, 3.05) is 34.2 Å². The molecule has 9 heteroatoms. The maximum atomic E-state index is 12.2. The molecule has 1 aliphatic rings. The van der Waals surface area contributed by atoms with Crippen molar-refractivity contribution >= 4 is 31.4 Å². The monoisotopic (exact) mass is 362 g/mol. The van der Waals surface area contributed by atoms with Gasteiger partial charge in [0.1, 0.15) is 5.75 Å². The molecule has 1 saturated heterocycles. The third-order valence-corrected chi connectivity index (χ3v) is 6.89. The topological polar surface area (TPSA) is 92.8 Å². The van der Waals surface area contributed by atoms with Crippen LogP contribution in [0.25, 0.3) is 0 Å². The zero-order chi connectivity index (χ0) is 17.1. The van der Waals surface area contributed by atoms with Gasteiger partial charge in [0.25, 0.3) is 0 Å². The number of nitrogens with one attached hydrogen (secondary N) is 1. The summed E-state index contributed by atoms with van der Waals surface area (Å²) in [4.78, 5) is 0. The normalized spacial score (nSPS) is 17.7. The quantitative estimate of drug-likeness (QED) is 0.833. The summed E-state index contributed by atoms with van der Waals surface area (Å²) in [6, 6.07) is 4.63. The van der Waals surface area contributed by atoms with E-state index in [2.05, 4.69) is 4.72 Å². The van der Waals surface area contributed by atoms with Crippen LogP contribution in [0.3, 0.4) is 0 Å². The van der Waals surface area contributed by atoms with Crippen LogP contribution in [0.4, 0.5) is 11.4 Å². The van der Waals surface area contributed by atoms with E-state index in [1.54, 1.807) is 19.1 Å². The average Bonchev–Trinajstić information content (AvgIpc) is 2.46. The standard InChI is InChI=1S/C14H22N2O5S2/c1-3-9-22(17,18)15-12-6-7-13(14(11-12)21-2)16-8-4-5-10-23(16,19)20/h6-7,11,15H,3-5,8-10H2,1-2H3. The van der Waals surface area contributed by atoms with E-state index in [-0.39, 0.29) is 11.5 Å². The van der Waals surface area contributed by atoms with Gasteiger partial charge in [-0.2, -0.15) is 0 Å². The number of benzene rings is 1. The van der Waals surface area contributed by atoms with Crippen LogP contribution in [-0.2, 0) is 20.0 Å². The van der Waals surface area contributed by atoms with Crippen molar-refractivity contribution in [2.24, 2.45) is 0 Å². The third-order valence-electron chi connectivity index (χ3n) is 3.54. The number of hydrogen-bond acceptors (Lipinski definition) is 5. The van der Waals surface area contributed by atoms with E-state index in [1.807, 2.05) is 0 Å². The van der Waals surface area contributed by atoms with Gasteiger partial charge in [0, 0.05) is 12.6 Å². The zero-order valence-electron chi connectivity index (χ0n) is 13.3. The van der Waals surface area contributed by atoms with Crippen molar-refractivity contribution < 1.29 is 21.6 Å². The van der Waals surface area contributed by atoms with Crippen LogP contribution in [0.2, 0.25) is 0 Å². The molecular weight excluding hydrogens is 340 g/mol. The van der Waals surface area contributed by atoms with Gasteiger partial charge in [-0.05, 0) is 31.4 Å². The Hall–Kier alpha value is -1.48. The van der Waals surface area contributed by atoms with Crippen LogP contribution < -0.4 is 13.8 Å². The second-order valence-corrected chi connectivity index (χ2v) is 9.26. The SMILES string of the molecule is CCCS(=O)(=O)Nc1ccc(N2CCCCS2(=O)=O)c(OC)c1. The van der Waals surface area contributed by atoms with Gasteiger partial charge >= 0.3 is 0 Å². The number of sulfonamides is 2. The Bertz CT molecular complexity index is 759. The fourth-order valence-corrected chi connectivity index (χ4v) is 5.28. The number of ether oxygens (including phenoxy) is 1. The van der Waals surface area contributed by atoms with E-state index in [4.69, 9.17) is 4.74 Å². The minimum Gasteiger partial charge on any atom is -0.494 e. The van der Waals surface area contributed by atoms with Gasteiger partial charge < -0.3 is 4.74 Å². The van der Waals surface area contributed by atoms with Gasteiger partial charge in [-0.3, -0.25) is 9.03 Å². The lowest BCUT2D eigenvalue weighted by atomic mass is 10.2. The van der Waals surface area contributed by atoms with Crippen LogP contribution >= 0.6 is 0 Å². The summed E-state index contributed by atoms with van der Waals surface area (Å²) in [7, 11) is -5.33. The highest BCUT2D eigenvalue weighted by Crippen LogP contribution is 2.35. The Morgan fingerprint density at radius 3 is 2.65 bits per heavy atom. The lowest BCUT2D eigenvalue weighted by molar-refractivity contribution is 0.415. The Morgan fingerprint density at radius 2 is 2.04 bits per heavy atom. The second kappa shape index (κ2) is 6.96. The van der Waals surface area contributed by atoms with Crippen LogP contribution in [0, 0.1) is 0 Å². The van der Waals surface area contributed by atoms with Crippen molar-refractivity contribution in [3.63, 3.8) is 0 Å². The highest BCUT2D eigenvalue weighted by Gasteiger charge is 2.28. The Labute approximate surface area is 137 Å². The molecule has 23 heavy (non-hydrogen) atoms. The molecule has 0 unspecified atom stereocenters. The first-order valence-corrected chi connectivity index (χ1v) is 10.7. The molecule has 0 saturated carbocycles. The number of nitrogens with zero attached hydrogens (tertiary/aromatic N) is 1. The van der Waals surface area contributed by atoms with E-state index in [9.17, 15) is 16.8 Å². The molecule has 1 heterocycles. The van der Waals surface area contributed by atoms with E-state index < -0.39 is 20.0 Å². The summed E-state index contributed by atoms with van der Waals surface area (Å²) in [6.07, 6.45) is 1.94. The van der Waals surface area contributed by atoms with Gasteiger partial charge in [0.15, 0.2) is 0 Å². The molecule has 130 valence electrons. The maximum absolute atomic E-state index is 12.2. The van der Waals surface area contributed by atoms with Crippen molar-refractivity contribution in [1.82, 2.24) is 0 Å². The average molecular weight is 362 g/mol. The highest BCUT2D eigenvalue weighted by molar-refractivity contribution is 7.93. The first kappa shape index (κ1) is 17.9. The molecule has 0 radical (unpaired) electrons. The molecule has 0 bridgehead atoms. The maximum Gasteiger partial charge on any atom is 0.235 e. The fraction of sp³-hybridized carbons (Fsp3) is 0.571. The van der Waals surface area contributed by atoms with Gasteiger partial charge in [-0.25, -0.2) is 16.8 Å². The van der Waals surface area contributed by atoms with Crippen molar-refractivity contribution in [3.8, 4) is 5.75 Å². The molecule has 1 aromatic rings. The van der Waals surface area contributed by atoms with Gasteiger partial charge in [0.2, 0.25) is 20.0 Å². The highest BCUT2D eigenvalue weighted by atomic mass is 32.2. The van der Waals surface area contributed by atoms with E-state index in [0.29, 0.717) is 36.5 Å². The fourth-order valence-electron chi connectivity index (χ4n) is 2.51. The molecule has 7 nitrogen and oxygen atoms in total. The van der Waals surface area contributed by atoms with E-state index in [1.165, 1.54) is 17.5 Å². The van der Waals surface area contributed by atoms with Crippen LogP contribution in [-0.4, -0.2) is 42.0 Å². The summed E-state index contributed by atoms with van der Waals surface area (Å²) in [6.45, 7) is 2.18. The molecule has 1 aliphatic heterocycles. The molecule has 1 N–H and O–H groups in total. The van der Waals surface area contributed by atoms with Crippen molar-refractivity contribution in [3.05, 3.63) is 18.2 Å². The van der Waals surface area contributed by atoms with Crippen LogP contribution in [0.1, 0.15) is 26.2 Å². The smallest absolute Gasteiger partial charge is 0.235 e. The molecule has 0 aliphatic carbocycles. The lowest BCUT2D eigenvalue weighted by Gasteiger charge is -2.29. The Morgan fingerprint density at radius 1 is 1.30 bits per heavy atom. The summed E-state index contributed by atoms with van der Waals surface area (Å²) < 4.78 is 57.1. The summed E-state index contributed by atoms with van der Waals surface area (Å²) >= 11 is 0. The van der Waals surface area contributed by atoms with Gasteiger partial charge in [-0.15, -0.1) is 0 Å². The molecule has 0 spiro atoms. The first-order chi connectivity index (χ1) is 10.8. The molecule has 1 aromatic carbocycles. The molecule has 0 aromatic heterocycles.